The fraction of sp³-hybridized carbons (Fsp3) is 0.353. The van der Waals surface area contributed by atoms with E-state index in [9.17, 15) is 4.79 Å². The molecule has 6 heteroatoms. The number of benzene rings is 1. The van der Waals surface area contributed by atoms with Gasteiger partial charge in [0.05, 0.1) is 28.9 Å². The number of aryl methyl sites for hydroxylation is 1. The van der Waals surface area contributed by atoms with Crippen molar-refractivity contribution in [3.63, 3.8) is 0 Å². The second-order valence-electron chi connectivity index (χ2n) is 5.59. The molecule has 0 spiro atoms. The summed E-state index contributed by atoms with van der Waals surface area (Å²) in [6, 6.07) is 9.11. The van der Waals surface area contributed by atoms with Crippen molar-refractivity contribution in [3.05, 3.63) is 45.9 Å². The number of carbonyl (C=O) groups is 1. The zero-order valence-electron chi connectivity index (χ0n) is 13.0. The molecule has 3 rings (SSSR count). The number of rotatable bonds is 4. The fourth-order valence-corrected chi connectivity index (χ4v) is 3.48. The van der Waals surface area contributed by atoms with Gasteiger partial charge < -0.3 is 10.2 Å². The van der Waals surface area contributed by atoms with E-state index in [4.69, 9.17) is 5.26 Å². The summed E-state index contributed by atoms with van der Waals surface area (Å²) in [6.45, 7) is 3.38. The highest BCUT2D eigenvalue weighted by Crippen LogP contribution is 2.22. The van der Waals surface area contributed by atoms with Gasteiger partial charge in [-0.15, -0.1) is 11.3 Å². The number of nitrogens with one attached hydrogen (secondary N) is 1. The first-order valence-electron chi connectivity index (χ1n) is 7.63. The van der Waals surface area contributed by atoms with E-state index in [1.54, 1.807) is 23.5 Å². The van der Waals surface area contributed by atoms with Crippen LogP contribution in [-0.2, 0) is 11.3 Å². The molecule has 2 aromatic rings. The van der Waals surface area contributed by atoms with Crippen molar-refractivity contribution in [2.75, 3.05) is 11.4 Å². The van der Waals surface area contributed by atoms with Crippen molar-refractivity contribution in [2.45, 2.75) is 32.4 Å². The molecule has 1 amide bonds. The van der Waals surface area contributed by atoms with Crippen molar-refractivity contribution >= 4 is 22.9 Å². The summed E-state index contributed by atoms with van der Waals surface area (Å²) in [6.07, 6.45) is 1.81. The lowest BCUT2D eigenvalue weighted by molar-refractivity contribution is -0.121. The predicted molar refractivity (Wildman–Crippen MR) is 90.2 cm³/mol. The molecule has 2 heterocycles. The number of amides is 1. The molecule has 1 saturated heterocycles. The third-order valence-corrected chi connectivity index (χ3v) is 5.04. The third-order valence-electron chi connectivity index (χ3n) is 4.10. The van der Waals surface area contributed by atoms with Crippen molar-refractivity contribution in [1.29, 1.82) is 5.26 Å². The van der Waals surface area contributed by atoms with Gasteiger partial charge in [-0.3, -0.25) is 4.79 Å². The molecule has 5 nitrogen and oxygen atoms in total. The first-order chi connectivity index (χ1) is 11.2. The molecule has 0 aliphatic carbocycles. The maximum atomic E-state index is 12.7. The van der Waals surface area contributed by atoms with Crippen LogP contribution >= 0.6 is 11.3 Å². The Balaban J connectivity index is 1.68. The normalized spacial score (nSPS) is 18.0. The van der Waals surface area contributed by atoms with E-state index >= 15 is 0 Å². The predicted octanol–water partition coefficient (Wildman–Crippen LogP) is 2.61. The summed E-state index contributed by atoms with van der Waals surface area (Å²) >= 11 is 1.61. The summed E-state index contributed by atoms with van der Waals surface area (Å²) in [7, 11) is 0. The quantitative estimate of drug-likeness (QED) is 0.938. The maximum absolute atomic E-state index is 12.7. The van der Waals surface area contributed by atoms with Crippen molar-refractivity contribution in [2.24, 2.45) is 0 Å². The van der Waals surface area contributed by atoms with Gasteiger partial charge in [-0.1, -0.05) is 0 Å². The lowest BCUT2D eigenvalue weighted by Crippen LogP contribution is -2.50. The van der Waals surface area contributed by atoms with Gasteiger partial charge in [-0.25, -0.2) is 4.98 Å². The lowest BCUT2D eigenvalue weighted by Gasteiger charge is -2.32. The Hall–Kier alpha value is -2.23. The summed E-state index contributed by atoms with van der Waals surface area (Å²) < 4.78 is 0. The molecule has 1 aromatic carbocycles. The number of anilines is 1. The average Bonchev–Trinajstić information content (AvgIpc) is 2.99. The minimum atomic E-state index is -0.166. The van der Waals surface area contributed by atoms with E-state index < -0.39 is 0 Å². The molecule has 0 saturated carbocycles. The van der Waals surface area contributed by atoms with Crippen LogP contribution in [0.3, 0.4) is 0 Å². The summed E-state index contributed by atoms with van der Waals surface area (Å²) in [5, 5.41) is 12.2. The standard InChI is InChI=1S/C17H18N4OS/c1-12-16(23-11-20-12)10-19-15-3-2-8-21(17(15)22)14-6-4-13(9-18)5-7-14/h4-7,11,15,19H,2-3,8,10H2,1H3/t15-/m1/s1. The first-order valence-corrected chi connectivity index (χ1v) is 8.51. The fourth-order valence-electron chi connectivity index (χ4n) is 2.75. The Bertz CT molecular complexity index is 732. The van der Waals surface area contributed by atoms with Crippen LogP contribution in [0.5, 0.6) is 0 Å². The monoisotopic (exact) mass is 326 g/mol. The number of piperidine rings is 1. The molecule has 1 atom stereocenters. The van der Waals surface area contributed by atoms with Crippen LogP contribution in [0.1, 0.15) is 29.0 Å². The van der Waals surface area contributed by atoms with E-state index in [2.05, 4.69) is 16.4 Å². The van der Waals surface area contributed by atoms with Crippen LogP contribution in [0, 0.1) is 18.3 Å². The Morgan fingerprint density at radius 3 is 2.87 bits per heavy atom. The van der Waals surface area contributed by atoms with Gasteiger partial charge in [0.15, 0.2) is 0 Å². The number of carbonyl (C=O) groups excluding carboxylic acids is 1. The van der Waals surface area contributed by atoms with Gasteiger partial charge >= 0.3 is 0 Å². The summed E-state index contributed by atoms with van der Waals surface area (Å²) in [5.41, 5.74) is 4.32. The molecule has 1 fully saturated rings. The second-order valence-corrected chi connectivity index (χ2v) is 6.52. The topological polar surface area (TPSA) is 69.0 Å². The van der Waals surface area contributed by atoms with E-state index in [1.165, 1.54) is 4.88 Å². The van der Waals surface area contributed by atoms with Gasteiger partial charge in [0.25, 0.3) is 0 Å². The van der Waals surface area contributed by atoms with Gasteiger partial charge in [0.1, 0.15) is 0 Å². The van der Waals surface area contributed by atoms with Crippen LogP contribution < -0.4 is 10.2 Å². The molecule has 0 unspecified atom stereocenters. The van der Waals surface area contributed by atoms with Crippen LogP contribution in [0.4, 0.5) is 5.69 Å². The van der Waals surface area contributed by atoms with E-state index in [0.29, 0.717) is 12.1 Å². The van der Waals surface area contributed by atoms with Crippen molar-refractivity contribution < 1.29 is 4.79 Å². The zero-order chi connectivity index (χ0) is 16.2. The number of hydrogen-bond donors (Lipinski definition) is 1. The molecular formula is C17H18N4OS. The molecule has 0 radical (unpaired) electrons. The number of aromatic nitrogens is 1. The number of nitriles is 1. The largest absolute Gasteiger partial charge is 0.311 e. The third kappa shape index (κ3) is 3.41. The number of hydrogen-bond acceptors (Lipinski definition) is 5. The van der Waals surface area contributed by atoms with Crippen LogP contribution in [-0.4, -0.2) is 23.5 Å². The minimum Gasteiger partial charge on any atom is -0.311 e. The smallest absolute Gasteiger partial charge is 0.244 e. The molecule has 1 N–H and O–H groups in total. The Kier molecular flexibility index (Phi) is 4.70. The van der Waals surface area contributed by atoms with E-state index in [0.717, 1.165) is 30.8 Å². The van der Waals surface area contributed by atoms with Crippen LogP contribution in [0.25, 0.3) is 0 Å². The second kappa shape index (κ2) is 6.90. The molecule has 118 valence electrons. The van der Waals surface area contributed by atoms with Gasteiger partial charge in [0.2, 0.25) is 5.91 Å². The number of thiazole rings is 1. The highest BCUT2D eigenvalue weighted by molar-refractivity contribution is 7.09. The summed E-state index contributed by atoms with van der Waals surface area (Å²) in [4.78, 5) is 19.9. The highest BCUT2D eigenvalue weighted by Gasteiger charge is 2.29. The van der Waals surface area contributed by atoms with Crippen molar-refractivity contribution in [1.82, 2.24) is 10.3 Å². The summed E-state index contributed by atoms with van der Waals surface area (Å²) in [5.74, 6) is 0.100. The highest BCUT2D eigenvalue weighted by atomic mass is 32.1. The molecule has 0 bridgehead atoms. The van der Waals surface area contributed by atoms with Gasteiger partial charge in [-0.2, -0.15) is 5.26 Å². The Labute approximate surface area is 139 Å². The number of nitrogens with zero attached hydrogens (tertiary/aromatic N) is 3. The van der Waals surface area contributed by atoms with E-state index in [-0.39, 0.29) is 11.9 Å². The van der Waals surface area contributed by atoms with Gasteiger partial charge in [-0.05, 0) is 44.0 Å². The van der Waals surface area contributed by atoms with Crippen LogP contribution in [0.15, 0.2) is 29.8 Å². The molecular weight excluding hydrogens is 308 g/mol. The SMILES string of the molecule is Cc1ncsc1CN[C@@H]1CCCN(c2ccc(C#N)cc2)C1=O. The molecule has 1 aromatic heterocycles. The molecule has 1 aliphatic heterocycles. The maximum Gasteiger partial charge on any atom is 0.244 e. The first kappa shape index (κ1) is 15.7. The van der Waals surface area contributed by atoms with Gasteiger partial charge in [0, 0.05) is 23.7 Å². The minimum absolute atomic E-state index is 0.100. The Morgan fingerprint density at radius 1 is 1.43 bits per heavy atom. The zero-order valence-corrected chi connectivity index (χ0v) is 13.8. The Morgan fingerprint density at radius 2 is 2.22 bits per heavy atom. The van der Waals surface area contributed by atoms with E-state index in [1.807, 2.05) is 29.5 Å². The molecule has 23 heavy (non-hydrogen) atoms. The average molecular weight is 326 g/mol. The van der Waals surface area contributed by atoms with Crippen molar-refractivity contribution in [3.8, 4) is 6.07 Å². The molecule has 1 aliphatic rings. The lowest BCUT2D eigenvalue weighted by atomic mass is 10.0. The van der Waals surface area contributed by atoms with Crippen LogP contribution in [0.2, 0.25) is 0 Å².